The van der Waals surface area contributed by atoms with Crippen molar-refractivity contribution in [3.63, 3.8) is 0 Å². The topological polar surface area (TPSA) is 141 Å². The lowest BCUT2D eigenvalue weighted by Crippen LogP contribution is -2.51. The van der Waals surface area contributed by atoms with Crippen LogP contribution in [-0.2, 0) is 20.9 Å². The van der Waals surface area contributed by atoms with Gasteiger partial charge in [-0.25, -0.2) is 4.79 Å². The molecule has 2 atom stereocenters. The van der Waals surface area contributed by atoms with Crippen LogP contribution in [0.2, 0.25) is 0 Å². The summed E-state index contributed by atoms with van der Waals surface area (Å²) >= 11 is 0. The molecule has 0 spiro atoms. The van der Waals surface area contributed by atoms with Crippen molar-refractivity contribution in [1.29, 1.82) is 5.41 Å². The zero-order valence-corrected chi connectivity index (χ0v) is 20.3. The normalized spacial score (nSPS) is 19.3. The molecule has 10 heteroatoms. The van der Waals surface area contributed by atoms with E-state index >= 15 is 0 Å². The molecule has 2 aliphatic heterocycles. The number of carbonyl (C=O) groups excluding carboxylic acids is 3. The van der Waals surface area contributed by atoms with Gasteiger partial charge in [-0.3, -0.25) is 15.0 Å². The molecule has 2 saturated heterocycles. The Kier molecular flexibility index (Phi) is 10.2. The summed E-state index contributed by atoms with van der Waals surface area (Å²) in [5.74, 6) is -0.330. The van der Waals surface area contributed by atoms with E-state index in [1.165, 1.54) is 0 Å². The van der Waals surface area contributed by atoms with Crippen molar-refractivity contribution in [1.82, 2.24) is 20.4 Å². The van der Waals surface area contributed by atoms with Crippen LogP contribution in [0.4, 0.5) is 4.79 Å². The fourth-order valence-electron chi connectivity index (χ4n) is 4.58. The average Bonchev–Trinajstić information content (AvgIpc) is 3.16. The molecule has 1 aromatic carbocycles. The number of alkyl carbamates (subject to hydrolysis) is 1. The monoisotopic (exact) mass is 486 g/mol. The van der Waals surface area contributed by atoms with E-state index in [1.54, 1.807) is 9.80 Å². The maximum absolute atomic E-state index is 13.3. The van der Waals surface area contributed by atoms with Crippen LogP contribution in [0.15, 0.2) is 30.3 Å². The molecule has 2 heterocycles. The van der Waals surface area contributed by atoms with E-state index in [-0.39, 0.29) is 36.7 Å². The quantitative estimate of drug-likeness (QED) is 0.326. The molecule has 192 valence electrons. The average molecular weight is 487 g/mol. The van der Waals surface area contributed by atoms with Crippen molar-refractivity contribution in [2.75, 3.05) is 32.7 Å². The largest absolute Gasteiger partial charge is 0.445 e. The third kappa shape index (κ3) is 8.77. The van der Waals surface area contributed by atoms with Gasteiger partial charge in [-0.2, -0.15) is 0 Å². The lowest BCUT2D eigenvalue weighted by atomic mass is 9.98. The minimum atomic E-state index is -0.989. The number of hydrogen-bond acceptors (Lipinski definition) is 5. The molecule has 2 fully saturated rings. The molecule has 0 aromatic heterocycles. The number of nitrogens with two attached hydrogens (primary N) is 1. The van der Waals surface area contributed by atoms with Crippen molar-refractivity contribution in [2.24, 2.45) is 11.7 Å². The molecule has 0 bridgehead atoms. The molecular weight excluding hydrogens is 448 g/mol. The second kappa shape index (κ2) is 13.6. The number of likely N-dealkylation sites (tertiary alicyclic amines) is 2. The maximum Gasteiger partial charge on any atom is 0.408 e. The summed E-state index contributed by atoms with van der Waals surface area (Å²) in [5, 5.41) is 13.2. The molecule has 35 heavy (non-hydrogen) atoms. The maximum atomic E-state index is 13.3. The second-order valence-corrected chi connectivity index (χ2v) is 9.35. The fraction of sp³-hybridized carbons (Fsp3) is 0.600. The van der Waals surface area contributed by atoms with Gasteiger partial charge in [0.25, 0.3) is 0 Å². The predicted octanol–water partition coefficient (Wildman–Crippen LogP) is 1.80. The minimum absolute atomic E-state index is 0.0438. The van der Waals surface area contributed by atoms with Crippen LogP contribution < -0.4 is 16.4 Å². The number of benzene rings is 1. The number of carbonyl (C=O) groups is 3. The van der Waals surface area contributed by atoms with Crippen molar-refractivity contribution >= 4 is 23.9 Å². The molecule has 10 nitrogen and oxygen atoms in total. The smallest absolute Gasteiger partial charge is 0.408 e. The molecule has 5 N–H and O–H groups in total. The van der Waals surface area contributed by atoms with E-state index in [4.69, 9.17) is 15.9 Å². The van der Waals surface area contributed by atoms with E-state index in [0.29, 0.717) is 26.2 Å². The Labute approximate surface area is 207 Å². The number of amides is 3. The molecule has 0 radical (unpaired) electrons. The number of nitrogens with zero attached hydrogens (tertiary/aromatic N) is 2. The van der Waals surface area contributed by atoms with Gasteiger partial charge >= 0.3 is 6.09 Å². The Bertz CT molecular complexity index is 857. The molecular formula is C25H38N6O4. The molecule has 0 saturated carbocycles. The first kappa shape index (κ1) is 26.3. The lowest BCUT2D eigenvalue weighted by Gasteiger charge is -2.33. The van der Waals surface area contributed by atoms with Gasteiger partial charge in [0.1, 0.15) is 12.6 Å². The van der Waals surface area contributed by atoms with Crippen molar-refractivity contribution in [3.8, 4) is 0 Å². The highest BCUT2D eigenvalue weighted by Crippen LogP contribution is 2.16. The van der Waals surface area contributed by atoms with E-state index in [2.05, 4.69) is 10.6 Å². The Hall–Kier alpha value is -3.30. The van der Waals surface area contributed by atoms with Gasteiger partial charge in [0, 0.05) is 32.7 Å². The van der Waals surface area contributed by atoms with E-state index < -0.39 is 12.1 Å². The van der Waals surface area contributed by atoms with Crippen LogP contribution in [0.25, 0.3) is 0 Å². The third-order valence-electron chi connectivity index (χ3n) is 6.56. The Morgan fingerprint density at radius 2 is 1.71 bits per heavy atom. The number of piperidine rings is 1. The van der Waals surface area contributed by atoms with E-state index in [0.717, 1.165) is 50.6 Å². The zero-order chi connectivity index (χ0) is 25.0. The summed E-state index contributed by atoms with van der Waals surface area (Å²) in [7, 11) is 0. The van der Waals surface area contributed by atoms with Crippen molar-refractivity contribution in [3.05, 3.63) is 35.9 Å². The van der Waals surface area contributed by atoms with E-state index in [9.17, 15) is 14.4 Å². The number of rotatable bonds is 8. The van der Waals surface area contributed by atoms with Gasteiger partial charge in [-0.1, -0.05) is 43.2 Å². The number of guanidine groups is 1. The molecule has 0 unspecified atom stereocenters. The number of ether oxygens (including phenoxy) is 1. The summed E-state index contributed by atoms with van der Waals surface area (Å²) < 4.78 is 5.30. The highest BCUT2D eigenvalue weighted by Gasteiger charge is 2.30. The van der Waals surface area contributed by atoms with Crippen LogP contribution in [0.1, 0.15) is 50.5 Å². The summed E-state index contributed by atoms with van der Waals surface area (Å²) in [6.45, 7) is 3.14. The van der Waals surface area contributed by atoms with Gasteiger partial charge in [0.2, 0.25) is 11.8 Å². The van der Waals surface area contributed by atoms with Crippen LogP contribution in [-0.4, -0.2) is 72.4 Å². The molecule has 3 rings (SSSR count). The first-order valence-electron chi connectivity index (χ1n) is 12.5. The number of nitrogens with one attached hydrogen (secondary N) is 3. The Balaban J connectivity index is 1.56. The van der Waals surface area contributed by atoms with Gasteiger partial charge in [-0.15, -0.1) is 0 Å². The first-order valence-corrected chi connectivity index (χ1v) is 12.5. The SMILES string of the molecule is N=C(N)N1CCC[C@@H](CNC(=O)C[C@H](NC(=O)OCc2ccccc2)C(=O)N2CCCCCC2)C1. The highest BCUT2D eigenvalue weighted by atomic mass is 16.5. The Morgan fingerprint density at radius 1 is 1.03 bits per heavy atom. The van der Waals surface area contributed by atoms with Gasteiger partial charge in [0.15, 0.2) is 5.96 Å². The van der Waals surface area contributed by atoms with Crippen LogP contribution in [0, 0.1) is 11.3 Å². The molecule has 1 aromatic rings. The lowest BCUT2D eigenvalue weighted by molar-refractivity contribution is -0.136. The van der Waals surface area contributed by atoms with Gasteiger partial charge in [0.05, 0.1) is 6.42 Å². The predicted molar refractivity (Wildman–Crippen MR) is 132 cm³/mol. The first-order chi connectivity index (χ1) is 16.9. The second-order valence-electron chi connectivity index (χ2n) is 9.35. The summed E-state index contributed by atoms with van der Waals surface area (Å²) in [6.07, 6.45) is 4.93. The molecule has 3 amide bonds. The fourth-order valence-corrected chi connectivity index (χ4v) is 4.58. The van der Waals surface area contributed by atoms with Gasteiger partial charge in [-0.05, 0) is 37.2 Å². The highest BCUT2D eigenvalue weighted by molar-refractivity contribution is 5.91. The third-order valence-corrected chi connectivity index (χ3v) is 6.56. The molecule has 2 aliphatic rings. The van der Waals surface area contributed by atoms with Crippen LogP contribution >= 0.6 is 0 Å². The summed E-state index contributed by atoms with van der Waals surface area (Å²) in [5.41, 5.74) is 6.44. The van der Waals surface area contributed by atoms with Crippen LogP contribution in [0.3, 0.4) is 0 Å². The minimum Gasteiger partial charge on any atom is -0.445 e. The van der Waals surface area contributed by atoms with Crippen molar-refractivity contribution < 1.29 is 19.1 Å². The zero-order valence-electron chi connectivity index (χ0n) is 20.3. The molecule has 0 aliphatic carbocycles. The van der Waals surface area contributed by atoms with E-state index in [1.807, 2.05) is 30.3 Å². The standard InChI is InChI=1S/C25H38N6O4/c26-24(27)31-14-8-11-20(17-31)16-28-22(32)15-21(23(33)30-12-6-1-2-7-13-30)29-25(34)35-18-19-9-4-3-5-10-19/h3-5,9-10,20-21H,1-2,6-8,11-18H2,(H3,26,27)(H,28,32)(H,29,34)/t20-,21-/m0/s1. The number of hydrogen-bond donors (Lipinski definition) is 4. The summed E-state index contributed by atoms with van der Waals surface area (Å²) in [4.78, 5) is 42.1. The Morgan fingerprint density at radius 3 is 2.40 bits per heavy atom. The van der Waals surface area contributed by atoms with Gasteiger partial charge < -0.3 is 30.9 Å². The van der Waals surface area contributed by atoms with Crippen LogP contribution in [0.5, 0.6) is 0 Å². The summed E-state index contributed by atoms with van der Waals surface area (Å²) in [6, 6.07) is 8.29. The van der Waals surface area contributed by atoms with Crippen molar-refractivity contribution in [2.45, 2.75) is 57.6 Å².